The normalized spacial score (nSPS) is 20.8. The Bertz CT molecular complexity index is 159. The number of hydrogen-bond acceptors (Lipinski definition) is 4. The maximum atomic E-state index is 11.1. The van der Waals surface area contributed by atoms with Gasteiger partial charge in [-0.05, 0) is 6.42 Å². The van der Waals surface area contributed by atoms with Crippen LogP contribution >= 0.6 is 0 Å². The third-order valence-electron chi connectivity index (χ3n) is 1.87. The topological polar surface area (TPSA) is 70.6 Å². The molecule has 1 aliphatic heterocycles. The second-order valence-corrected chi connectivity index (χ2v) is 2.95. The average Bonchev–Trinajstić information content (AvgIpc) is 2.06. The SMILES string of the molecule is O=C(CCOCCO)NC1CCN1. The van der Waals surface area contributed by atoms with Gasteiger partial charge >= 0.3 is 0 Å². The predicted molar refractivity (Wildman–Crippen MR) is 47.1 cm³/mol. The van der Waals surface area contributed by atoms with Gasteiger partial charge in [0.2, 0.25) is 5.91 Å². The van der Waals surface area contributed by atoms with Crippen molar-refractivity contribution >= 4 is 5.91 Å². The van der Waals surface area contributed by atoms with E-state index in [1.54, 1.807) is 0 Å². The van der Waals surface area contributed by atoms with Crippen LogP contribution in [0.5, 0.6) is 0 Å². The van der Waals surface area contributed by atoms with Gasteiger partial charge < -0.3 is 15.2 Å². The third kappa shape index (κ3) is 4.21. The standard InChI is InChI=1S/C8H16N2O3/c11-4-6-13-5-2-8(12)10-7-1-3-9-7/h7,9,11H,1-6H2,(H,10,12). The quantitative estimate of drug-likeness (QED) is 0.459. The molecule has 0 aromatic rings. The highest BCUT2D eigenvalue weighted by Crippen LogP contribution is 1.97. The first-order chi connectivity index (χ1) is 6.33. The fraction of sp³-hybridized carbons (Fsp3) is 0.875. The van der Waals surface area contributed by atoms with E-state index in [0.717, 1.165) is 13.0 Å². The third-order valence-corrected chi connectivity index (χ3v) is 1.87. The van der Waals surface area contributed by atoms with E-state index in [0.29, 0.717) is 19.6 Å². The van der Waals surface area contributed by atoms with Crippen molar-refractivity contribution in [2.45, 2.75) is 19.0 Å². The van der Waals surface area contributed by atoms with Gasteiger partial charge in [0.25, 0.3) is 0 Å². The molecule has 0 saturated carbocycles. The van der Waals surface area contributed by atoms with Crippen LogP contribution in [0.15, 0.2) is 0 Å². The molecule has 1 fully saturated rings. The van der Waals surface area contributed by atoms with Crippen LogP contribution in [-0.2, 0) is 9.53 Å². The van der Waals surface area contributed by atoms with Gasteiger partial charge in [-0.25, -0.2) is 0 Å². The molecule has 0 aromatic heterocycles. The Kier molecular flexibility index (Phi) is 4.74. The number of ether oxygens (including phenoxy) is 1. The summed E-state index contributed by atoms with van der Waals surface area (Å²) in [6.45, 7) is 1.66. The van der Waals surface area contributed by atoms with Gasteiger partial charge in [0.1, 0.15) is 0 Å². The summed E-state index contributed by atoms with van der Waals surface area (Å²) in [6, 6.07) is 0. The molecule has 1 amide bonds. The van der Waals surface area contributed by atoms with E-state index in [2.05, 4.69) is 10.6 Å². The molecular formula is C8H16N2O3. The fourth-order valence-electron chi connectivity index (χ4n) is 1.01. The van der Waals surface area contributed by atoms with Crippen molar-refractivity contribution in [1.82, 2.24) is 10.6 Å². The number of nitrogens with one attached hydrogen (secondary N) is 2. The second kappa shape index (κ2) is 5.90. The van der Waals surface area contributed by atoms with Crippen LogP contribution in [0, 0.1) is 0 Å². The molecule has 13 heavy (non-hydrogen) atoms. The number of carbonyl (C=O) groups is 1. The fourth-order valence-corrected chi connectivity index (χ4v) is 1.01. The van der Waals surface area contributed by atoms with Crippen LogP contribution < -0.4 is 10.6 Å². The zero-order valence-corrected chi connectivity index (χ0v) is 7.58. The maximum Gasteiger partial charge on any atom is 0.223 e. The molecule has 5 heteroatoms. The molecule has 1 unspecified atom stereocenters. The predicted octanol–water partition coefficient (Wildman–Crippen LogP) is -1.18. The van der Waals surface area contributed by atoms with E-state index in [1.807, 2.05) is 0 Å². The molecule has 0 spiro atoms. The zero-order valence-electron chi connectivity index (χ0n) is 7.58. The van der Waals surface area contributed by atoms with Gasteiger partial charge in [-0.15, -0.1) is 0 Å². The maximum absolute atomic E-state index is 11.1. The van der Waals surface area contributed by atoms with Crippen molar-refractivity contribution in [3.05, 3.63) is 0 Å². The van der Waals surface area contributed by atoms with Crippen molar-refractivity contribution in [2.75, 3.05) is 26.4 Å². The minimum atomic E-state index is -0.00450. The number of carbonyl (C=O) groups excluding carboxylic acids is 1. The van der Waals surface area contributed by atoms with Gasteiger partial charge in [0.15, 0.2) is 0 Å². The van der Waals surface area contributed by atoms with E-state index < -0.39 is 0 Å². The van der Waals surface area contributed by atoms with Gasteiger partial charge in [0, 0.05) is 6.54 Å². The van der Waals surface area contributed by atoms with Crippen molar-refractivity contribution < 1.29 is 14.6 Å². The smallest absolute Gasteiger partial charge is 0.223 e. The lowest BCUT2D eigenvalue weighted by atomic mass is 10.2. The Balaban J connectivity index is 1.91. The minimum Gasteiger partial charge on any atom is -0.394 e. The summed E-state index contributed by atoms with van der Waals surface area (Å²) in [4.78, 5) is 11.1. The number of rotatable bonds is 6. The van der Waals surface area contributed by atoms with E-state index in [1.165, 1.54) is 0 Å². The molecule has 0 radical (unpaired) electrons. The van der Waals surface area contributed by atoms with E-state index >= 15 is 0 Å². The molecule has 0 aliphatic carbocycles. The van der Waals surface area contributed by atoms with Crippen LogP contribution in [-0.4, -0.2) is 43.5 Å². The van der Waals surface area contributed by atoms with Gasteiger partial charge in [0.05, 0.1) is 32.4 Å². The summed E-state index contributed by atoms with van der Waals surface area (Å²) in [6.07, 6.45) is 1.52. The summed E-state index contributed by atoms with van der Waals surface area (Å²) in [5.41, 5.74) is 0. The lowest BCUT2D eigenvalue weighted by Crippen LogP contribution is -2.54. The van der Waals surface area contributed by atoms with Crippen LogP contribution in [0.2, 0.25) is 0 Å². The van der Waals surface area contributed by atoms with E-state index in [-0.39, 0.29) is 18.7 Å². The lowest BCUT2D eigenvalue weighted by Gasteiger charge is -2.28. The number of aliphatic hydroxyl groups excluding tert-OH is 1. The Labute approximate surface area is 77.5 Å². The van der Waals surface area contributed by atoms with Crippen molar-refractivity contribution in [1.29, 1.82) is 0 Å². The largest absolute Gasteiger partial charge is 0.394 e. The molecule has 1 saturated heterocycles. The Morgan fingerprint density at radius 3 is 2.92 bits per heavy atom. The summed E-state index contributed by atoms with van der Waals surface area (Å²) < 4.78 is 4.96. The molecular weight excluding hydrogens is 172 g/mol. The highest BCUT2D eigenvalue weighted by Gasteiger charge is 2.17. The molecule has 76 valence electrons. The number of hydrogen-bond donors (Lipinski definition) is 3. The van der Waals surface area contributed by atoms with Crippen molar-refractivity contribution in [2.24, 2.45) is 0 Å². The number of amides is 1. The van der Waals surface area contributed by atoms with Crippen molar-refractivity contribution in [3.63, 3.8) is 0 Å². The minimum absolute atomic E-state index is 0.00450. The Morgan fingerprint density at radius 2 is 2.38 bits per heavy atom. The first-order valence-corrected chi connectivity index (χ1v) is 4.54. The highest BCUT2D eigenvalue weighted by atomic mass is 16.5. The van der Waals surface area contributed by atoms with Crippen molar-refractivity contribution in [3.8, 4) is 0 Å². The molecule has 0 bridgehead atoms. The zero-order chi connectivity index (χ0) is 9.52. The first kappa shape index (κ1) is 10.4. The van der Waals surface area contributed by atoms with E-state index in [9.17, 15) is 4.79 Å². The van der Waals surface area contributed by atoms with Crippen LogP contribution in [0.1, 0.15) is 12.8 Å². The van der Waals surface area contributed by atoms with Gasteiger partial charge in [-0.3, -0.25) is 10.1 Å². The second-order valence-electron chi connectivity index (χ2n) is 2.95. The summed E-state index contributed by atoms with van der Waals surface area (Å²) >= 11 is 0. The monoisotopic (exact) mass is 188 g/mol. The van der Waals surface area contributed by atoms with Crippen LogP contribution in [0.25, 0.3) is 0 Å². The summed E-state index contributed by atoms with van der Waals surface area (Å²) in [5.74, 6) is -0.00450. The Hall–Kier alpha value is -0.650. The van der Waals surface area contributed by atoms with E-state index in [4.69, 9.17) is 9.84 Å². The van der Waals surface area contributed by atoms with Gasteiger partial charge in [-0.2, -0.15) is 0 Å². The summed E-state index contributed by atoms with van der Waals surface area (Å²) in [5, 5.41) is 14.3. The molecule has 1 aliphatic rings. The van der Waals surface area contributed by atoms with Crippen LogP contribution in [0.4, 0.5) is 0 Å². The lowest BCUT2D eigenvalue weighted by molar-refractivity contribution is -0.123. The average molecular weight is 188 g/mol. The number of aliphatic hydroxyl groups is 1. The molecule has 1 heterocycles. The van der Waals surface area contributed by atoms with Gasteiger partial charge in [-0.1, -0.05) is 0 Å². The molecule has 1 rings (SSSR count). The Morgan fingerprint density at radius 1 is 1.62 bits per heavy atom. The van der Waals surface area contributed by atoms with Crippen LogP contribution in [0.3, 0.4) is 0 Å². The molecule has 1 atom stereocenters. The summed E-state index contributed by atoms with van der Waals surface area (Å²) in [7, 11) is 0. The highest BCUT2D eigenvalue weighted by molar-refractivity contribution is 5.76. The molecule has 5 nitrogen and oxygen atoms in total. The molecule has 3 N–H and O–H groups in total. The molecule has 0 aromatic carbocycles. The first-order valence-electron chi connectivity index (χ1n) is 4.54.